The molecule has 29 heavy (non-hydrogen) atoms. The van der Waals surface area contributed by atoms with Crippen molar-refractivity contribution in [1.82, 2.24) is 25.1 Å². The lowest BCUT2D eigenvalue weighted by molar-refractivity contribution is -0.141. The number of anilines is 2. The van der Waals surface area contributed by atoms with E-state index in [-0.39, 0.29) is 5.95 Å². The average Bonchev–Trinajstić information content (AvgIpc) is 3.06. The average molecular weight is 421 g/mol. The van der Waals surface area contributed by atoms with Crippen molar-refractivity contribution in [3.63, 3.8) is 0 Å². The van der Waals surface area contributed by atoms with Gasteiger partial charge < -0.3 is 9.80 Å². The summed E-state index contributed by atoms with van der Waals surface area (Å²) in [4.78, 5) is 16.9. The van der Waals surface area contributed by atoms with Gasteiger partial charge in [-0.05, 0) is 32.0 Å². The lowest BCUT2D eigenvalue weighted by Crippen LogP contribution is -2.47. The Labute approximate surface area is 169 Å². The van der Waals surface area contributed by atoms with Crippen LogP contribution in [0.5, 0.6) is 0 Å². The molecule has 1 aliphatic rings. The van der Waals surface area contributed by atoms with Crippen LogP contribution in [0.1, 0.15) is 16.4 Å². The van der Waals surface area contributed by atoms with Crippen molar-refractivity contribution in [2.24, 2.45) is 0 Å². The fourth-order valence-electron chi connectivity index (χ4n) is 3.18. The van der Waals surface area contributed by atoms with E-state index < -0.39 is 11.9 Å². The van der Waals surface area contributed by atoms with E-state index in [2.05, 4.69) is 25.1 Å². The van der Waals surface area contributed by atoms with Gasteiger partial charge in [0.2, 0.25) is 5.95 Å². The number of aromatic nitrogens is 5. The summed E-state index contributed by atoms with van der Waals surface area (Å²) < 4.78 is 38.6. The number of rotatable bonds is 3. The molecular formula is C18H18F3N7S. The molecule has 4 rings (SSSR count). The summed E-state index contributed by atoms with van der Waals surface area (Å²) in [5.41, 5.74) is 0.789. The van der Waals surface area contributed by atoms with Crippen LogP contribution in [0.2, 0.25) is 0 Å². The maximum absolute atomic E-state index is 12.9. The molecule has 0 amide bonds. The molecule has 7 nitrogen and oxygen atoms in total. The van der Waals surface area contributed by atoms with Gasteiger partial charge in [-0.25, -0.2) is 15.0 Å². The second-order valence-corrected chi connectivity index (χ2v) is 7.84. The third kappa shape index (κ3) is 4.14. The Bertz CT molecular complexity index is 995. The number of hydrogen-bond acceptors (Lipinski definition) is 8. The summed E-state index contributed by atoms with van der Waals surface area (Å²) >= 11 is 1.58. The van der Waals surface area contributed by atoms with Crippen LogP contribution in [0, 0.1) is 13.8 Å². The van der Waals surface area contributed by atoms with Gasteiger partial charge in [-0.3, -0.25) is 0 Å². The number of piperazine rings is 1. The van der Waals surface area contributed by atoms with Crippen LogP contribution in [0.15, 0.2) is 24.4 Å². The van der Waals surface area contributed by atoms with E-state index in [0.717, 1.165) is 39.4 Å². The van der Waals surface area contributed by atoms with Gasteiger partial charge in [0.1, 0.15) is 11.4 Å². The van der Waals surface area contributed by atoms with Crippen molar-refractivity contribution in [1.29, 1.82) is 0 Å². The van der Waals surface area contributed by atoms with Gasteiger partial charge in [-0.15, -0.1) is 21.5 Å². The number of nitrogens with zero attached hydrogens (tertiary/aromatic N) is 7. The Kier molecular flexibility index (Phi) is 5.07. The summed E-state index contributed by atoms with van der Waals surface area (Å²) in [5.74, 6) is 0.828. The van der Waals surface area contributed by atoms with Crippen LogP contribution in [0.25, 0.3) is 10.6 Å². The first kappa shape index (κ1) is 19.5. The van der Waals surface area contributed by atoms with E-state index in [1.54, 1.807) is 16.2 Å². The van der Waals surface area contributed by atoms with Gasteiger partial charge in [0, 0.05) is 32.4 Å². The van der Waals surface area contributed by atoms with Crippen LogP contribution in [0.3, 0.4) is 0 Å². The first-order valence-corrected chi connectivity index (χ1v) is 9.81. The quantitative estimate of drug-likeness (QED) is 0.642. The Hall–Kier alpha value is -2.82. The molecule has 0 aromatic carbocycles. The van der Waals surface area contributed by atoms with Crippen molar-refractivity contribution in [3.8, 4) is 10.6 Å². The molecule has 3 aromatic rings. The Morgan fingerprint density at radius 3 is 2.24 bits per heavy atom. The molecule has 4 heterocycles. The predicted molar refractivity (Wildman–Crippen MR) is 104 cm³/mol. The smallest absolute Gasteiger partial charge is 0.352 e. The number of thiazole rings is 1. The summed E-state index contributed by atoms with van der Waals surface area (Å²) in [7, 11) is 0. The lowest BCUT2D eigenvalue weighted by Gasteiger charge is -2.35. The standard InChI is InChI=1S/C18H18F3N7S/c1-11-16(29-12(2)23-11)13-3-4-15(26-25-13)27-7-9-28(10-8-27)17-22-6-5-14(24-17)18(19,20)21/h3-6H,7-10H2,1-2H3. The third-order valence-corrected chi connectivity index (χ3v) is 5.70. The summed E-state index contributed by atoms with van der Waals surface area (Å²) in [5, 5.41) is 9.64. The summed E-state index contributed by atoms with van der Waals surface area (Å²) in [6.45, 7) is 6.08. The molecule has 0 N–H and O–H groups in total. The van der Waals surface area contributed by atoms with Crippen LogP contribution < -0.4 is 9.80 Å². The molecule has 0 spiro atoms. The molecule has 0 aliphatic carbocycles. The molecule has 0 unspecified atom stereocenters. The van der Waals surface area contributed by atoms with Gasteiger partial charge in [0.15, 0.2) is 5.82 Å². The fraction of sp³-hybridized carbons (Fsp3) is 0.389. The number of alkyl halides is 3. The highest BCUT2D eigenvalue weighted by atomic mass is 32.1. The second kappa shape index (κ2) is 7.54. The minimum Gasteiger partial charge on any atom is -0.352 e. The normalized spacial score (nSPS) is 15.1. The maximum atomic E-state index is 12.9. The molecular weight excluding hydrogens is 403 g/mol. The Morgan fingerprint density at radius 2 is 1.66 bits per heavy atom. The van der Waals surface area contributed by atoms with Crippen molar-refractivity contribution in [3.05, 3.63) is 40.8 Å². The molecule has 0 bridgehead atoms. The minimum absolute atomic E-state index is 0.0944. The third-order valence-electron chi connectivity index (χ3n) is 4.61. The maximum Gasteiger partial charge on any atom is 0.433 e. The van der Waals surface area contributed by atoms with E-state index in [4.69, 9.17) is 0 Å². The zero-order chi connectivity index (χ0) is 20.6. The van der Waals surface area contributed by atoms with E-state index in [9.17, 15) is 13.2 Å². The molecule has 0 atom stereocenters. The second-order valence-electron chi connectivity index (χ2n) is 6.64. The topological polar surface area (TPSA) is 70.9 Å². The lowest BCUT2D eigenvalue weighted by atomic mass is 10.2. The number of hydrogen-bond donors (Lipinski definition) is 0. The molecule has 1 fully saturated rings. The van der Waals surface area contributed by atoms with Gasteiger partial charge in [0.05, 0.1) is 15.6 Å². The Balaban J connectivity index is 1.43. The fourth-order valence-corrected chi connectivity index (χ4v) is 4.06. The minimum atomic E-state index is -4.48. The molecule has 3 aromatic heterocycles. The van der Waals surface area contributed by atoms with E-state index >= 15 is 0 Å². The van der Waals surface area contributed by atoms with Crippen LogP contribution >= 0.6 is 11.3 Å². The van der Waals surface area contributed by atoms with Crippen molar-refractivity contribution in [2.75, 3.05) is 36.0 Å². The summed E-state index contributed by atoms with van der Waals surface area (Å²) in [6, 6.07) is 4.71. The van der Waals surface area contributed by atoms with E-state index in [0.29, 0.717) is 26.2 Å². The van der Waals surface area contributed by atoms with Gasteiger partial charge in [0.25, 0.3) is 0 Å². The highest BCUT2D eigenvalue weighted by Gasteiger charge is 2.33. The van der Waals surface area contributed by atoms with Gasteiger partial charge >= 0.3 is 6.18 Å². The molecule has 11 heteroatoms. The monoisotopic (exact) mass is 421 g/mol. The van der Waals surface area contributed by atoms with Crippen molar-refractivity contribution < 1.29 is 13.2 Å². The van der Waals surface area contributed by atoms with Crippen molar-refractivity contribution in [2.45, 2.75) is 20.0 Å². The largest absolute Gasteiger partial charge is 0.433 e. The predicted octanol–water partition coefficient (Wildman–Crippen LogP) is 3.35. The van der Waals surface area contributed by atoms with Gasteiger partial charge in [-0.1, -0.05) is 0 Å². The zero-order valence-corrected chi connectivity index (χ0v) is 16.6. The zero-order valence-electron chi connectivity index (χ0n) is 15.8. The molecule has 0 saturated carbocycles. The molecule has 1 saturated heterocycles. The van der Waals surface area contributed by atoms with Crippen molar-refractivity contribution >= 4 is 23.1 Å². The highest BCUT2D eigenvalue weighted by Crippen LogP contribution is 2.29. The van der Waals surface area contributed by atoms with Crippen LogP contribution in [0.4, 0.5) is 24.9 Å². The SMILES string of the molecule is Cc1nc(C)c(-c2ccc(N3CCN(c4nccc(C(F)(F)F)n4)CC3)nn2)s1. The first-order valence-electron chi connectivity index (χ1n) is 8.99. The molecule has 152 valence electrons. The van der Waals surface area contributed by atoms with Gasteiger partial charge in [-0.2, -0.15) is 13.2 Å². The summed E-state index contributed by atoms with van der Waals surface area (Å²) in [6.07, 6.45) is -3.34. The van der Waals surface area contributed by atoms with E-state index in [1.165, 1.54) is 0 Å². The van der Waals surface area contributed by atoms with E-state index in [1.807, 2.05) is 30.9 Å². The first-order chi connectivity index (χ1) is 13.8. The van der Waals surface area contributed by atoms with Crippen LogP contribution in [-0.4, -0.2) is 51.3 Å². The molecule has 1 aliphatic heterocycles. The number of aryl methyl sites for hydroxylation is 2. The Morgan fingerprint density at radius 1 is 0.931 bits per heavy atom. The molecule has 0 radical (unpaired) electrons. The van der Waals surface area contributed by atoms with Crippen LogP contribution in [-0.2, 0) is 6.18 Å². The number of halogens is 3. The highest BCUT2D eigenvalue weighted by molar-refractivity contribution is 7.15.